The van der Waals surface area contributed by atoms with Crippen LogP contribution in [-0.2, 0) is 14.3 Å². The third-order valence-electron chi connectivity index (χ3n) is 2.66. The molecule has 7 nitrogen and oxygen atoms in total. The van der Waals surface area contributed by atoms with Gasteiger partial charge in [-0.25, -0.2) is 9.59 Å². The monoisotopic (exact) mass is 362 g/mol. The van der Waals surface area contributed by atoms with Crippen LogP contribution in [0.15, 0.2) is 18.2 Å². The van der Waals surface area contributed by atoms with Crippen LogP contribution in [0.5, 0.6) is 5.75 Å². The highest BCUT2D eigenvalue weighted by Crippen LogP contribution is 2.28. The number of urea groups is 1. The molecule has 0 spiro atoms. The molecule has 0 saturated carbocycles. The third-order valence-corrected chi connectivity index (χ3v) is 3.19. The van der Waals surface area contributed by atoms with Crippen molar-refractivity contribution in [2.24, 2.45) is 0 Å². The maximum Gasteiger partial charge on any atom is 0.347 e. The molecule has 0 radical (unpaired) electrons. The summed E-state index contributed by atoms with van der Waals surface area (Å²) in [7, 11) is 1.35. The summed E-state index contributed by atoms with van der Waals surface area (Å²) in [6, 6.07) is 3.84. The molecule has 2 atom stereocenters. The van der Waals surface area contributed by atoms with Crippen molar-refractivity contribution in [1.82, 2.24) is 10.6 Å². The topological polar surface area (TPSA) is 93.7 Å². The number of carbonyl (C=O) groups excluding carboxylic acids is 3. The standard InChI is InChI=1S/C14H16Cl2N2O5/c1-7(12(19)18-14(21)17-3)23-13(20)8(2)22-11-5-4-9(15)6-10(11)16/h4-8H,1-3H3,(H2,17,18,19,21)/t7-,8+/m1/s1. The zero-order valence-corrected chi connectivity index (χ0v) is 14.2. The number of hydrogen-bond donors (Lipinski definition) is 2. The van der Waals surface area contributed by atoms with E-state index in [2.05, 4.69) is 5.32 Å². The summed E-state index contributed by atoms with van der Waals surface area (Å²) in [5.74, 6) is -1.28. The number of imide groups is 1. The van der Waals surface area contributed by atoms with Gasteiger partial charge in [0.1, 0.15) is 5.75 Å². The zero-order valence-electron chi connectivity index (χ0n) is 12.7. The Kier molecular flexibility index (Phi) is 7.12. The summed E-state index contributed by atoms with van der Waals surface area (Å²) in [6.45, 7) is 2.77. The fourth-order valence-corrected chi connectivity index (χ4v) is 1.86. The molecule has 23 heavy (non-hydrogen) atoms. The van der Waals surface area contributed by atoms with Crippen molar-refractivity contribution in [3.05, 3.63) is 28.2 Å². The second kappa shape index (κ2) is 8.59. The molecule has 3 amide bonds. The predicted octanol–water partition coefficient (Wildman–Crippen LogP) is 2.15. The SMILES string of the molecule is CNC(=O)NC(=O)[C@@H](C)OC(=O)[C@H](C)Oc1ccc(Cl)cc1Cl. The molecule has 0 fully saturated rings. The van der Waals surface area contributed by atoms with E-state index in [1.165, 1.54) is 33.0 Å². The molecule has 0 bridgehead atoms. The van der Waals surface area contributed by atoms with Gasteiger partial charge < -0.3 is 14.8 Å². The predicted molar refractivity (Wildman–Crippen MR) is 84.7 cm³/mol. The average Bonchev–Trinajstić information content (AvgIpc) is 2.49. The molecular formula is C14H16Cl2N2O5. The molecule has 2 N–H and O–H groups in total. The van der Waals surface area contributed by atoms with Crippen LogP contribution in [0.2, 0.25) is 10.0 Å². The molecule has 0 saturated heterocycles. The first kappa shape index (κ1) is 19.1. The molecule has 1 aromatic carbocycles. The second-order valence-electron chi connectivity index (χ2n) is 4.48. The Balaban J connectivity index is 2.59. The van der Waals surface area contributed by atoms with Crippen molar-refractivity contribution in [3.63, 3.8) is 0 Å². The van der Waals surface area contributed by atoms with Crippen molar-refractivity contribution in [1.29, 1.82) is 0 Å². The first-order valence-electron chi connectivity index (χ1n) is 6.59. The van der Waals surface area contributed by atoms with Crippen LogP contribution in [0.4, 0.5) is 4.79 Å². The van der Waals surface area contributed by atoms with Gasteiger partial charge in [-0.3, -0.25) is 10.1 Å². The van der Waals surface area contributed by atoms with E-state index >= 15 is 0 Å². The summed E-state index contributed by atoms with van der Waals surface area (Å²) in [6.07, 6.45) is -2.17. The fraction of sp³-hybridized carbons (Fsp3) is 0.357. The molecule has 0 heterocycles. The Morgan fingerprint density at radius 1 is 1.13 bits per heavy atom. The van der Waals surface area contributed by atoms with Crippen LogP contribution in [0.25, 0.3) is 0 Å². The highest BCUT2D eigenvalue weighted by molar-refractivity contribution is 6.35. The lowest BCUT2D eigenvalue weighted by atomic mass is 10.3. The van der Waals surface area contributed by atoms with E-state index in [0.29, 0.717) is 5.02 Å². The first-order chi connectivity index (χ1) is 10.7. The van der Waals surface area contributed by atoms with Crippen LogP contribution < -0.4 is 15.4 Å². The minimum Gasteiger partial charge on any atom is -0.477 e. The van der Waals surface area contributed by atoms with Crippen LogP contribution in [0, 0.1) is 0 Å². The molecule has 1 aromatic rings. The molecule has 0 aliphatic carbocycles. The minimum absolute atomic E-state index is 0.238. The van der Waals surface area contributed by atoms with Gasteiger partial charge >= 0.3 is 12.0 Å². The Bertz CT molecular complexity index is 609. The van der Waals surface area contributed by atoms with Gasteiger partial charge in [0.2, 0.25) is 0 Å². The number of carbonyl (C=O) groups is 3. The Hall–Kier alpha value is -1.99. The van der Waals surface area contributed by atoms with Crippen molar-refractivity contribution in [2.75, 3.05) is 7.05 Å². The molecular weight excluding hydrogens is 347 g/mol. The number of ether oxygens (including phenoxy) is 2. The molecule has 0 aromatic heterocycles. The van der Waals surface area contributed by atoms with E-state index in [4.69, 9.17) is 32.7 Å². The van der Waals surface area contributed by atoms with Crippen LogP contribution in [-0.4, -0.2) is 37.2 Å². The number of halogens is 2. The fourth-order valence-electron chi connectivity index (χ4n) is 1.41. The van der Waals surface area contributed by atoms with Gasteiger partial charge in [-0.1, -0.05) is 23.2 Å². The highest BCUT2D eigenvalue weighted by Gasteiger charge is 2.24. The Labute approximate surface area is 143 Å². The van der Waals surface area contributed by atoms with Crippen molar-refractivity contribution < 1.29 is 23.9 Å². The molecule has 9 heteroatoms. The maximum absolute atomic E-state index is 11.9. The van der Waals surface area contributed by atoms with Crippen molar-refractivity contribution in [2.45, 2.75) is 26.1 Å². The van der Waals surface area contributed by atoms with Gasteiger partial charge in [-0.05, 0) is 32.0 Å². The quantitative estimate of drug-likeness (QED) is 0.782. The summed E-state index contributed by atoms with van der Waals surface area (Å²) in [5.41, 5.74) is 0. The van der Waals surface area contributed by atoms with Gasteiger partial charge in [0.05, 0.1) is 5.02 Å². The smallest absolute Gasteiger partial charge is 0.347 e. The number of nitrogens with one attached hydrogen (secondary N) is 2. The summed E-state index contributed by atoms with van der Waals surface area (Å²) < 4.78 is 10.3. The van der Waals surface area contributed by atoms with Gasteiger partial charge in [0, 0.05) is 12.1 Å². The van der Waals surface area contributed by atoms with Gasteiger partial charge in [-0.15, -0.1) is 0 Å². The van der Waals surface area contributed by atoms with Gasteiger partial charge in [0.15, 0.2) is 12.2 Å². The third kappa shape index (κ3) is 5.96. The van der Waals surface area contributed by atoms with Crippen LogP contribution in [0.3, 0.4) is 0 Å². The van der Waals surface area contributed by atoms with Gasteiger partial charge in [0.25, 0.3) is 5.91 Å². The minimum atomic E-state index is -1.16. The summed E-state index contributed by atoms with van der Waals surface area (Å²) in [4.78, 5) is 34.5. The van der Waals surface area contributed by atoms with E-state index in [9.17, 15) is 14.4 Å². The molecule has 126 valence electrons. The lowest BCUT2D eigenvalue weighted by Gasteiger charge is -2.18. The lowest BCUT2D eigenvalue weighted by molar-refractivity contribution is -0.160. The number of hydrogen-bond acceptors (Lipinski definition) is 5. The second-order valence-corrected chi connectivity index (χ2v) is 5.33. The number of rotatable bonds is 5. The van der Waals surface area contributed by atoms with Crippen LogP contribution in [0.1, 0.15) is 13.8 Å². The number of benzene rings is 1. The maximum atomic E-state index is 11.9. The van der Waals surface area contributed by atoms with Crippen LogP contribution >= 0.6 is 23.2 Å². The number of amides is 3. The van der Waals surface area contributed by atoms with Crippen molar-refractivity contribution >= 4 is 41.1 Å². The lowest BCUT2D eigenvalue weighted by Crippen LogP contribution is -2.44. The molecule has 0 unspecified atom stereocenters. The molecule has 1 rings (SSSR count). The van der Waals surface area contributed by atoms with Gasteiger partial charge in [-0.2, -0.15) is 0 Å². The van der Waals surface area contributed by atoms with E-state index in [1.54, 1.807) is 6.07 Å². The van der Waals surface area contributed by atoms with Crippen molar-refractivity contribution in [3.8, 4) is 5.75 Å². The zero-order chi connectivity index (χ0) is 17.6. The largest absolute Gasteiger partial charge is 0.477 e. The molecule has 0 aliphatic heterocycles. The normalized spacial score (nSPS) is 12.7. The van der Waals surface area contributed by atoms with E-state index in [0.717, 1.165) is 0 Å². The summed E-state index contributed by atoms with van der Waals surface area (Å²) >= 11 is 11.7. The Morgan fingerprint density at radius 3 is 2.35 bits per heavy atom. The first-order valence-corrected chi connectivity index (χ1v) is 7.35. The Morgan fingerprint density at radius 2 is 1.78 bits per heavy atom. The molecule has 0 aliphatic rings. The van der Waals surface area contributed by atoms with E-state index in [1.807, 2.05) is 5.32 Å². The van der Waals surface area contributed by atoms with E-state index in [-0.39, 0.29) is 10.8 Å². The average molecular weight is 363 g/mol. The number of esters is 1. The summed E-state index contributed by atoms with van der Waals surface area (Å²) in [5, 5.41) is 4.87. The highest BCUT2D eigenvalue weighted by atomic mass is 35.5. The van der Waals surface area contributed by atoms with E-state index < -0.39 is 30.1 Å².